The third-order valence-corrected chi connectivity index (χ3v) is 5.39. The molecule has 0 spiro atoms. The lowest BCUT2D eigenvalue weighted by atomic mass is 10.1. The molecule has 1 aliphatic heterocycles. The molecule has 1 saturated heterocycles. The van der Waals surface area contributed by atoms with Crippen molar-refractivity contribution in [2.75, 3.05) is 6.54 Å². The van der Waals surface area contributed by atoms with Crippen LogP contribution in [0.15, 0.2) is 23.1 Å². The van der Waals surface area contributed by atoms with Crippen molar-refractivity contribution in [1.29, 1.82) is 5.26 Å². The van der Waals surface area contributed by atoms with Gasteiger partial charge in [0, 0.05) is 6.54 Å². The molecule has 4 nitrogen and oxygen atoms in total. The molecule has 0 aliphatic carbocycles. The van der Waals surface area contributed by atoms with E-state index < -0.39 is 21.9 Å². The van der Waals surface area contributed by atoms with Crippen LogP contribution in [0.2, 0.25) is 0 Å². The zero-order valence-corrected chi connectivity index (χ0v) is 11.5. The summed E-state index contributed by atoms with van der Waals surface area (Å²) in [7, 11) is -3.73. The lowest BCUT2D eigenvalue weighted by Crippen LogP contribution is -2.43. The minimum Gasteiger partial charge on any atom is -0.207 e. The number of halogens is 1. The van der Waals surface area contributed by atoms with Gasteiger partial charge in [-0.1, -0.05) is 0 Å². The first-order valence-electron chi connectivity index (χ1n) is 6.14. The molecule has 0 saturated carbocycles. The second-order valence-corrected chi connectivity index (χ2v) is 6.53. The van der Waals surface area contributed by atoms with Crippen LogP contribution in [0, 0.1) is 24.1 Å². The standard InChI is InChI=1S/C13H15FN2O2S/c1-10-8-11(14)5-6-13(10)19(17,18)16-7-3-2-4-12(16)9-15/h5-6,8,12H,2-4,7H2,1H3. The third-order valence-electron chi connectivity index (χ3n) is 3.33. The summed E-state index contributed by atoms with van der Waals surface area (Å²) in [5.74, 6) is -0.466. The van der Waals surface area contributed by atoms with Crippen molar-refractivity contribution < 1.29 is 12.8 Å². The van der Waals surface area contributed by atoms with Crippen molar-refractivity contribution in [1.82, 2.24) is 4.31 Å². The lowest BCUT2D eigenvalue weighted by Gasteiger charge is -2.30. The van der Waals surface area contributed by atoms with E-state index >= 15 is 0 Å². The Morgan fingerprint density at radius 3 is 2.79 bits per heavy atom. The number of rotatable bonds is 2. The van der Waals surface area contributed by atoms with E-state index in [0.717, 1.165) is 18.9 Å². The molecule has 6 heteroatoms. The highest BCUT2D eigenvalue weighted by atomic mass is 32.2. The van der Waals surface area contributed by atoms with Crippen LogP contribution < -0.4 is 0 Å². The molecule has 0 bridgehead atoms. The number of sulfonamides is 1. The molecule has 1 fully saturated rings. The highest BCUT2D eigenvalue weighted by Gasteiger charge is 2.34. The topological polar surface area (TPSA) is 61.2 Å². The summed E-state index contributed by atoms with van der Waals surface area (Å²) in [5, 5.41) is 9.07. The monoisotopic (exact) mass is 282 g/mol. The number of hydrogen-bond acceptors (Lipinski definition) is 3. The van der Waals surface area contributed by atoms with E-state index in [1.165, 1.54) is 16.4 Å². The third kappa shape index (κ3) is 2.62. The van der Waals surface area contributed by atoms with E-state index in [1.807, 2.05) is 6.07 Å². The van der Waals surface area contributed by atoms with Crippen LogP contribution in [0.4, 0.5) is 4.39 Å². The maximum atomic E-state index is 13.1. The number of aryl methyl sites for hydroxylation is 1. The van der Waals surface area contributed by atoms with Gasteiger partial charge in [0.1, 0.15) is 11.9 Å². The van der Waals surface area contributed by atoms with Crippen molar-refractivity contribution in [2.45, 2.75) is 37.1 Å². The van der Waals surface area contributed by atoms with E-state index in [4.69, 9.17) is 5.26 Å². The number of nitrogens with zero attached hydrogens (tertiary/aromatic N) is 2. The van der Waals surface area contributed by atoms with E-state index in [9.17, 15) is 12.8 Å². The van der Waals surface area contributed by atoms with Gasteiger partial charge >= 0.3 is 0 Å². The van der Waals surface area contributed by atoms with Crippen LogP contribution in [0.1, 0.15) is 24.8 Å². The van der Waals surface area contributed by atoms with Gasteiger partial charge in [-0.05, 0) is 49.9 Å². The van der Waals surface area contributed by atoms with Crippen LogP contribution in [-0.4, -0.2) is 25.3 Å². The quantitative estimate of drug-likeness (QED) is 0.835. The fraction of sp³-hybridized carbons (Fsp3) is 0.462. The summed E-state index contributed by atoms with van der Waals surface area (Å²) in [6.07, 6.45) is 2.15. The zero-order chi connectivity index (χ0) is 14.0. The number of nitriles is 1. The Balaban J connectivity index is 2.44. The molecule has 0 radical (unpaired) electrons. The highest BCUT2D eigenvalue weighted by molar-refractivity contribution is 7.89. The largest absolute Gasteiger partial charge is 0.244 e. The summed E-state index contributed by atoms with van der Waals surface area (Å²) >= 11 is 0. The molecule has 1 aromatic rings. The van der Waals surface area contributed by atoms with Crippen LogP contribution in [0.3, 0.4) is 0 Å². The summed E-state index contributed by atoms with van der Waals surface area (Å²) in [6, 6.07) is 5.00. The van der Waals surface area contributed by atoms with Crippen molar-refractivity contribution in [2.24, 2.45) is 0 Å². The van der Waals surface area contributed by atoms with Crippen molar-refractivity contribution in [3.8, 4) is 6.07 Å². The second kappa shape index (κ2) is 5.27. The molecule has 1 unspecified atom stereocenters. The van der Waals surface area contributed by atoms with Gasteiger partial charge in [-0.3, -0.25) is 0 Å². The Morgan fingerprint density at radius 2 is 2.16 bits per heavy atom. The molecule has 1 heterocycles. The average molecular weight is 282 g/mol. The van der Waals surface area contributed by atoms with Gasteiger partial charge in [0.2, 0.25) is 10.0 Å². The Labute approximate surface area is 112 Å². The maximum absolute atomic E-state index is 13.1. The summed E-state index contributed by atoms with van der Waals surface area (Å²) in [5.41, 5.74) is 0.363. The zero-order valence-electron chi connectivity index (χ0n) is 10.6. The molecular weight excluding hydrogens is 267 g/mol. The fourth-order valence-corrected chi connectivity index (χ4v) is 4.17. The average Bonchev–Trinajstić information content (AvgIpc) is 2.38. The fourth-order valence-electron chi connectivity index (χ4n) is 2.35. The van der Waals surface area contributed by atoms with Crippen molar-refractivity contribution >= 4 is 10.0 Å². The smallest absolute Gasteiger partial charge is 0.207 e. The first-order chi connectivity index (χ1) is 8.96. The van der Waals surface area contributed by atoms with Crippen molar-refractivity contribution in [3.05, 3.63) is 29.6 Å². The van der Waals surface area contributed by atoms with Gasteiger partial charge in [-0.2, -0.15) is 9.57 Å². The van der Waals surface area contributed by atoms with E-state index in [-0.39, 0.29) is 4.90 Å². The molecule has 1 atom stereocenters. The van der Waals surface area contributed by atoms with E-state index in [1.54, 1.807) is 6.92 Å². The molecule has 0 aromatic heterocycles. The SMILES string of the molecule is Cc1cc(F)ccc1S(=O)(=O)N1CCCCC1C#N. The van der Waals surface area contributed by atoms with E-state index in [2.05, 4.69) is 0 Å². The van der Waals surface area contributed by atoms with Gasteiger partial charge in [0.05, 0.1) is 11.0 Å². The number of benzene rings is 1. The molecule has 1 aliphatic rings. The lowest BCUT2D eigenvalue weighted by molar-refractivity contribution is 0.297. The van der Waals surface area contributed by atoms with Crippen LogP contribution in [-0.2, 0) is 10.0 Å². The highest BCUT2D eigenvalue weighted by Crippen LogP contribution is 2.27. The molecular formula is C13H15FN2O2S. The Bertz CT molecular complexity index is 622. The second-order valence-electron chi connectivity index (χ2n) is 4.67. The first kappa shape index (κ1) is 14.0. The first-order valence-corrected chi connectivity index (χ1v) is 7.58. The van der Waals surface area contributed by atoms with Crippen LogP contribution in [0.5, 0.6) is 0 Å². The van der Waals surface area contributed by atoms with Crippen LogP contribution >= 0.6 is 0 Å². The number of hydrogen-bond donors (Lipinski definition) is 0. The molecule has 1 aromatic carbocycles. The maximum Gasteiger partial charge on any atom is 0.244 e. The van der Waals surface area contributed by atoms with Gasteiger partial charge < -0.3 is 0 Å². The summed E-state index contributed by atoms with van der Waals surface area (Å²) < 4.78 is 39.4. The van der Waals surface area contributed by atoms with Gasteiger partial charge in [-0.25, -0.2) is 12.8 Å². The van der Waals surface area contributed by atoms with Crippen LogP contribution in [0.25, 0.3) is 0 Å². The Morgan fingerprint density at radius 1 is 1.42 bits per heavy atom. The predicted molar refractivity (Wildman–Crippen MR) is 68.3 cm³/mol. The molecule has 0 amide bonds. The number of piperidine rings is 1. The molecule has 0 N–H and O–H groups in total. The predicted octanol–water partition coefficient (Wildman–Crippen LogP) is 2.20. The summed E-state index contributed by atoms with van der Waals surface area (Å²) in [4.78, 5) is 0.0797. The Hall–Kier alpha value is -1.45. The van der Waals surface area contributed by atoms with E-state index in [0.29, 0.717) is 18.5 Å². The Kier molecular flexibility index (Phi) is 3.88. The normalized spacial score (nSPS) is 21.0. The summed E-state index contributed by atoms with van der Waals surface area (Å²) in [6.45, 7) is 1.90. The van der Waals surface area contributed by atoms with Crippen molar-refractivity contribution in [3.63, 3.8) is 0 Å². The van der Waals surface area contributed by atoms with Gasteiger partial charge in [-0.15, -0.1) is 0 Å². The molecule has 2 rings (SSSR count). The van der Waals surface area contributed by atoms with Gasteiger partial charge in [0.25, 0.3) is 0 Å². The molecule has 102 valence electrons. The van der Waals surface area contributed by atoms with Gasteiger partial charge in [0.15, 0.2) is 0 Å². The molecule has 19 heavy (non-hydrogen) atoms. The minimum absolute atomic E-state index is 0.0797. The minimum atomic E-state index is -3.73.